The molecule has 1 N–H and O–H groups in total. The van der Waals surface area contributed by atoms with Crippen LogP contribution < -0.4 is 0 Å². The fourth-order valence-electron chi connectivity index (χ4n) is 2.67. The van der Waals surface area contributed by atoms with Gasteiger partial charge in [-0.25, -0.2) is 0 Å². The van der Waals surface area contributed by atoms with E-state index in [2.05, 4.69) is 18.0 Å². The molecule has 0 saturated heterocycles. The first-order valence-electron chi connectivity index (χ1n) is 6.39. The van der Waals surface area contributed by atoms with E-state index in [4.69, 9.17) is 16.7 Å². The largest absolute Gasteiger partial charge is 0.392 e. The molecule has 100 valence electrons. The molecule has 1 aliphatic rings. The molecule has 0 saturated carbocycles. The molecule has 0 unspecified atom stereocenters. The van der Waals surface area contributed by atoms with Gasteiger partial charge in [-0.1, -0.05) is 17.7 Å². The summed E-state index contributed by atoms with van der Waals surface area (Å²) in [5.41, 5.74) is 2.63. The van der Waals surface area contributed by atoms with Gasteiger partial charge in [-0.15, -0.1) is 11.3 Å². The first-order valence-corrected chi connectivity index (χ1v) is 7.59. The third kappa shape index (κ3) is 2.32. The third-order valence-electron chi connectivity index (χ3n) is 3.58. The minimum Gasteiger partial charge on any atom is -0.392 e. The van der Waals surface area contributed by atoms with Crippen molar-refractivity contribution in [2.24, 2.45) is 0 Å². The number of hydrogen-bond acceptors (Lipinski definition) is 3. The molecule has 0 amide bonds. The molecule has 0 aliphatic carbocycles. The molecule has 1 aromatic carbocycles. The summed E-state index contributed by atoms with van der Waals surface area (Å²) in [6.07, 6.45) is 4.82. The highest BCUT2D eigenvalue weighted by Gasteiger charge is 2.20. The third-order valence-corrected chi connectivity index (χ3v) is 5.10. The Morgan fingerprint density at radius 1 is 1.42 bits per heavy atom. The van der Waals surface area contributed by atoms with Crippen LogP contribution >= 0.6 is 22.9 Å². The van der Waals surface area contributed by atoms with E-state index in [9.17, 15) is 0 Å². The number of hydrogen-bond donors (Lipinski definition) is 1. The lowest BCUT2D eigenvalue weighted by Crippen LogP contribution is -2.18. The van der Waals surface area contributed by atoms with Crippen LogP contribution in [0.3, 0.4) is 0 Å². The van der Waals surface area contributed by atoms with Crippen molar-refractivity contribution in [1.82, 2.24) is 4.90 Å². The Hall–Kier alpha value is -0.870. The Bertz CT molecular complexity index is 647. The van der Waals surface area contributed by atoms with Crippen molar-refractivity contribution in [2.45, 2.75) is 13.0 Å². The minimum atomic E-state index is 0.0805. The highest BCUT2D eigenvalue weighted by molar-refractivity contribution is 7.20. The molecule has 0 bridgehead atoms. The average molecular weight is 294 g/mol. The van der Waals surface area contributed by atoms with E-state index in [-0.39, 0.29) is 6.61 Å². The average Bonchev–Trinajstić information content (AvgIpc) is 2.62. The smallest absolute Gasteiger partial charge is 0.0615 e. The molecule has 4 heteroatoms. The number of aliphatic hydroxyl groups is 1. The molecule has 1 aromatic heterocycles. The first kappa shape index (κ1) is 13.1. The maximum Gasteiger partial charge on any atom is 0.0615 e. The highest BCUT2D eigenvalue weighted by atomic mass is 35.5. The zero-order valence-electron chi connectivity index (χ0n) is 10.8. The predicted molar refractivity (Wildman–Crippen MR) is 83.0 cm³/mol. The zero-order chi connectivity index (χ0) is 13.4. The maximum absolute atomic E-state index is 8.97. The second-order valence-electron chi connectivity index (χ2n) is 4.92. The van der Waals surface area contributed by atoms with Crippen molar-refractivity contribution < 1.29 is 5.11 Å². The van der Waals surface area contributed by atoms with E-state index < -0.39 is 0 Å². The van der Waals surface area contributed by atoms with E-state index in [0.717, 1.165) is 24.5 Å². The Morgan fingerprint density at radius 2 is 2.26 bits per heavy atom. The highest BCUT2D eigenvalue weighted by Crippen LogP contribution is 2.39. The van der Waals surface area contributed by atoms with Gasteiger partial charge in [0.05, 0.1) is 6.61 Å². The van der Waals surface area contributed by atoms with Gasteiger partial charge in [0, 0.05) is 33.1 Å². The summed E-state index contributed by atoms with van der Waals surface area (Å²) in [5.74, 6) is 0. The summed E-state index contributed by atoms with van der Waals surface area (Å²) >= 11 is 8.15. The lowest BCUT2D eigenvalue weighted by atomic mass is 10.0. The van der Waals surface area contributed by atoms with Gasteiger partial charge < -0.3 is 10.0 Å². The molecule has 2 heterocycles. The fraction of sp³-hybridized carbons (Fsp3) is 0.333. The number of thiophene rings is 1. The summed E-state index contributed by atoms with van der Waals surface area (Å²) in [4.78, 5) is 3.56. The Labute approximate surface area is 121 Å². The molecule has 2 aromatic rings. The first-order chi connectivity index (χ1) is 9.20. The van der Waals surface area contributed by atoms with E-state index >= 15 is 0 Å². The molecule has 3 rings (SSSR count). The van der Waals surface area contributed by atoms with Gasteiger partial charge in [0.25, 0.3) is 0 Å². The quantitative estimate of drug-likeness (QED) is 0.915. The summed E-state index contributed by atoms with van der Waals surface area (Å²) < 4.78 is 1.29. The molecule has 0 radical (unpaired) electrons. The standard InChI is InChI=1S/C15H16ClNOS/c1-17-7-6-10-12(16)4-5-14-15(10)11(9-17)13(19-14)3-2-8-18/h2-5,18H,6-9H2,1H3. The van der Waals surface area contributed by atoms with Crippen LogP contribution in [0.5, 0.6) is 0 Å². The van der Waals surface area contributed by atoms with Crippen LogP contribution in [0.15, 0.2) is 18.2 Å². The van der Waals surface area contributed by atoms with Gasteiger partial charge in [0.1, 0.15) is 0 Å². The number of rotatable bonds is 2. The Kier molecular flexibility index (Phi) is 3.63. The summed E-state index contributed by atoms with van der Waals surface area (Å²) in [6, 6.07) is 4.11. The molecule has 0 fully saturated rings. The molecular weight excluding hydrogens is 278 g/mol. The van der Waals surface area contributed by atoms with E-state index in [1.165, 1.54) is 26.1 Å². The molecule has 2 nitrogen and oxygen atoms in total. The Morgan fingerprint density at radius 3 is 3.05 bits per heavy atom. The van der Waals surface area contributed by atoms with Gasteiger partial charge in [-0.2, -0.15) is 0 Å². The zero-order valence-corrected chi connectivity index (χ0v) is 12.4. The van der Waals surface area contributed by atoms with Gasteiger partial charge in [0.15, 0.2) is 0 Å². The number of aliphatic hydroxyl groups excluding tert-OH is 1. The monoisotopic (exact) mass is 293 g/mol. The van der Waals surface area contributed by atoms with Crippen LogP contribution in [0.25, 0.3) is 16.2 Å². The molecular formula is C15H16ClNOS. The molecule has 19 heavy (non-hydrogen) atoms. The van der Waals surface area contributed by atoms with Crippen LogP contribution in [0.4, 0.5) is 0 Å². The topological polar surface area (TPSA) is 23.5 Å². The summed E-state index contributed by atoms with van der Waals surface area (Å²) in [7, 11) is 2.14. The predicted octanol–water partition coefficient (Wildman–Crippen LogP) is 3.55. The van der Waals surface area contributed by atoms with Crippen LogP contribution in [0.1, 0.15) is 16.0 Å². The summed E-state index contributed by atoms with van der Waals surface area (Å²) in [6.45, 7) is 2.05. The fourth-order valence-corrected chi connectivity index (χ4v) is 4.09. The normalized spacial score (nSPS) is 16.4. The van der Waals surface area contributed by atoms with Crippen molar-refractivity contribution >= 4 is 39.1 Å². The number of halogens is 1. The SMILES string of the molecule is CN1CCc2c(Cl)ccc3sc(C=CCO)c(c23)C1. The van der Waals surface area contributed by atoms with Crippen molar-refractivity contribution in [1.29, 1.82) is 0 Å². The van der Waals surface area contributed by atoms with Crippen molar-refractivity contribution in [2.75, 3.05) is 20.2 Å². The van der Waals surface area contributed by atoms with Crippen molar-refractivity contribution in [3.63, 3.8) is 0 Å². The van der Waals surface area contributed by atoms with Crippen molar-refractivity contribution in [3.8, 4) is 0 Å². The van der Waals surface area contributed by atoms with Gasteiger partial charge in [-0.3, -0.25) is 0 Å². The Balaban J connectivity index is 2.27. The van der Waals surface area contributed by atoms with Gasteiger partial charge in [-0.05, 0) is 42.8 Å². The molecule has 1 aliphatic heterocycles. The van der Waals surface area contributed by atoms with E-state index in [0.29, 0.717) is 0 Å². The van der Waals surface area contributed by atoms with Crippen LogP contribution in [0, 0.1) is 0 Å². The number of benzene rings is 1. The number of likely N-dealkylation sites (N-methyl/N-ethyl adjacent to an activating group) is 1. The minimum absolute atomic E-state index is 0.0805. The second kappa shape index (κ2) is 5.25. The lowest BCUT2D eigenvalue weighted by molar-refractivity contribution is 0.337. The van der Waals surface area contributed by atoms with Gasteiger partial charge >= 0.3 is 0 Å². The van der Waals surface area contributed by atoms with Crippen LogP contribution in [-0.2, 0) is 13.0 Å². The van der Waals surface area contributed by atoms with E-state index in [1.54, 1.807) is 17.4 Å². The van der Waals surface area contributed by atoms with E-state index in [1.807, 2.05) is 12.1 Å². The van der Waals surface area contributed by atoms with Crippen molar-refractivity contribution in [3.05, 3.63) is 39.2 Å². The lowest BCUT2D eigenvalue weighted by Gasteiger charge is -2.13. The maximum atomic E-state index is 8.97. The van der Waals surface area contributed by atoms with Gasteiger partial charge in [0.2, 0.25) is 0 Å². The second-order valence-corrected chi connectivity index (χ2v) is 6.41. The van der Waals surface area contributed by atoms with Crippen LogP contribution in [0.2, 0.25) is 5.02 Å². The number of nitrogens with zero attached hydrogens (tertiary/aromatic N) is 1. The molecule has 0 spiro atoms. The molecule has 0 atom stereocenters. The van der Waals surface area contributed by atoms with Crippen LogP contribution in [-0.4, -0.2) is 30.2 Å². The summed E-state index contributed by atoms with van der Waals surface area (Å²) in [5, 5.41) is 11.2.